The first-order chi connectivity index (χ1) is 8.20. The molecule has 0 unspecified atom stereocenters. The van der Waals surface area contributed by atoms with Gasteiger partial charge in [-0.05, 0) is 23.0 Å². The Morgan fingerprint density at radius 1 is 1.53 bits per heavy atom. The van der Waals surface area contributed by atoms with E-state index in [0.717, 1.165) is 11.1 Å². The Morgan fingerprint density at radius 3 is 3.06 bits per heavy atom. The Kier molecular flexibility index (Phi) is 3.64. The summed E-state index contributed by atoms with van der Waals surface area (Å²) in [6.45, 7) is 2.22. The fourth-order valence-electron chi connectivity index (χ4n) is 1.41. The molecule has 86 valence electrons. The lowest BCUT2D eigenvalue weighted by atomic mass is 10.1. The predicted molar refractivity (Wildman–Crippen MR) is 72.7 cm³/mol. The summed E-state index contributed by atoms with van der Waals surface area (Å²) >= 11 is 1.91. The normalized spacial score (nSPS) is 9.76. The third kappa shape index (κ3) is 2.77. The molecule has 2 aromatic rings. The molecule has 0 saturated carbocycles. The summed E-state index contributed by atoms with van der Waals surface area (Å²) in [6, 6.07) is 7.64. The summed E-state index contributed by atoms with van der Waals surface area (Å²) in [5.41, 5.74) is 1.88. The fraction of sp³-hybridized carbons (Fsp3) is 0.167. The van der Waals surface area contributed by atoms with Gasteiger partial charge >= 0.3 is 5.76 Å². The lowest BCUT2D eigenvalue weighted by molar-refractivity contribution is 0.499. The van der Waals surface area contributed by atoms with E-state index in [1.165, 1.54) is 4.68 Å². The van der Waals surface area contributed by atoms with Crippen molar-refractivity contribution in [3.8, 4) is 21.3 Å². The average molecular weight is 340 g/mol. The highest BCUT2D eigenvalue weighted by Crippen LogP contribution is 2.16. The van der Waals surface area contributed by atoms with Crippen molar-refractivity contribution in [3.05, 3.63) is 40.4 Å². The number of halogens is 1. The Bertz CT molecular complexity index is 646. The third-order valence-electron chi connectivity index (χ3n) is 2.17. The van der Waals surface area contributed by atoms with Gasteiger partial charge in [-0.3, -0.25) is 0 Å². The molecule has 0 fully saturated rings. The minimum Gasteiger partial charge on any atom is -0.388 e. The van der Waals surface area contributed by atoms with Gasteiger partial charge in [0, 0.05) is 28.2 Å². The maximum atomic E-state index is 11.5. The van der Waals surface area contributed by atoms with Crippen LogP contribution >= 0.6 is 22.6 Å². The van der Waals surface area contributed by atoms with Crippen molar-refractivity contribution in [2.45, 2.75) is 13.5 Å². The molecule has 0 atom stereocenters. The van der Waals surface area contributed by atoms with E-state index < -0.39 is 5.76 Å². The molecule has 5 heteroatoms. The Morgan fingerprint density at radius 2 is 2.35 bits per heavy atom. The van der Waals surface area contributed by atoms with E-state index in [9.17, 15) is 4.79 Å². The van der Waals surface area contributed by atoms with E-state index in [2.05, 4.69) is 14.9 Å². The zero-order chi connectivity index (χ0) is 12.3. The monoisotopic (exact) mass is 340 g/mol. The SMILES string of the molecule is Cc1cccc(-c2nn(CC#CI)c(=O)o2)c1. The van der Waals surface area contributed by atoms with Crippen LogP contribution in [0.2, 0.25) is 0 Å². The first kappa shape index (κ1) is 11.9. The smallest absolute Gasteiger partial charge is 0.388 e. The van der Waals surface area contributed by atoms with Gasteiger partial charge in [-0.2, -0.15) is 4.68 Å². The zero-order valence-electron chi connectivity index (χ0n) is 9.11. The van der Waals surface area contributed by atoms with E-state index in [4.69, 9.17) is 4.42 Å². The molecule has 1 heterocycles. The van der Waals surface area contributed by atoms with Crippen molar-refractivity contribution in [1.82, 2.24) is 9.78 Å². The molecule has 1 aromatic carbocycles. The number of nitrogens with zero attached hydrogens (tertiary/aromatic N) is 2. The van der Waals surface area contributed by atoms with Gasteiger partial charge in [0.05, 0.1) is 0 Å². The number of benzene rings is 1. The van der Waals surface area contributed by atoms with Crippen LogP contribution in [0.3, 0.4) is 0 Å². The van der Waals surface area contributed by atoms with Gasteiger partial charge in [0.15, 0.2) is 0 Å². The second-order valence-electron chi connectivity index (χ2n) is 3.47. The van der Waals surface area contributed by atoms with Crippen LogP contribution in [0.5, 0.6) is 0 Å². The quantitative estimate of drug-likeness (QED) is 0.622. The largest absolute Gasteiger partial charge is 0.438 e. The highest BCUT2D eigenvalue weighted by atomic mass is 127. The number of hydrogen-bond acceptors (Lipinski definition) is 3. The topological polar surface area (TPSA) is 48.0 Å². The molecule has 0 spiro atoms. The molecule has 0 radical (unpaired) electrons. The summed E-state index contributed by atoms with van der Waals surface area (Å²) in [5, 5.41) is 4.09. The molecule has 1 aromatic heterocycles. The first-order valence-electron chi connectivity index (χ1n) is 4.94. The van der Waals surface area contributed by atoms with Crippen LogP contribution in [0.25, 0.3) is 11.5 Å². The molecule has 2 rings (SSSR count). The van der Waals surface area contributed by atoms with Crippen LogP contribution in [-0.2, 0) is 6.54 Å². The number of aryl methyl sites for hydroxylation is 1. The Hall–Kier alpha value is -1.55. The molecule has 0 saturated heterocycles. The highest BCUT2D eigenvalue weighted by Gasteiger charge is 2.09. The molecular weight excluding hydrogens is 331 g/mol. The maximum Gasteiger partial charge on any atom is 0.438 e. The first-order valence-corrected chi connectivity index (χ1v) is 6.02. The minimum atomic E-state index is -0.486. The van der Waals surface area contributed by atoms with Gasteiger partial charge in [-0.25, -0.2) is 4.79 Å². The summed E-state index contributed by atoms with van der Waals surface area (Å²) in [5.74, 6) is 2.60. The van der Waals surface area contributed by atoms with Gasteiger partial charge in [0.25, 0.3) is 0 Å². The molecule has 0 bridgehead atoms. The van der Waals surface area contributed by atoms with Crippen molar-refractivity contribution in [2.24, 2.45) is 0 Å². The van der Waals surface area contributed by atoms with Crippen molar-refractivity contribution < 1.29 is 4.42 Å². The van der Waals surface area contributed by atoms with Crippen LogP contribution in [0.4, 0.5) is 0 Å². The lowest BCUT2D eigenvalue weighted by Crippen LogP contribution is -2.14. The van der Waals surface area contributed by atoms with Crippen LogP contribution in [-0.4, -0.2) is 9.78 Å². The number of hydrogen-bond donors (Lipinski definition) is 0. The standard InChI is InChI=1S/C12H9IN2O2/c1-9-4-2-5-10(8-9)11-14-15(7-3-6-13)12(16)17-11/h2,4-5,8H,7H2,1H3. The molecule has 0 aliphatic rings. The van der Waals surface area contributed by atoms with Gasteiger partial charge < -0.3 is 4.42 Å². The Labute approximate surface area is 112 Å². The molecule has 0 aliphatic heterocycles. The van der Waals surface area contributed by atoms with Crippen LogP contribution in [0.1, 0.15) is 5.56 Å². The summed E-state index contributed by atoms with van der Waals surface area (Å²) < 4.78 is 8.97. The summed E-state index contributed by atoms with van der Waals surface area (Å²) in [4.78, 5) is 11.5. The average Bonchev–Trinajstić information content (AvgIpc) is 2.68. The predicted octanol–water partition coefficient (Wildman–Crippen LogP) is 2.21. The molecule has 0 aliphatic carbocycles. The van der Waals surface area contributed by atoms with Crippen LogP contribution in [0.15, 0.2) is 33.5 Å². The molecule has 0 amide bonds. The summed E-state index contributed by atoms with van der Waals surface area (Å²) in [7, 11) is 0. The number of aromatic nitrogens is 2. The van der Waals surface area contributed by atoms with Crippen molar-refractivity contribution in [1.29, 1.82) is 0 Å². The van der Waals surface area contributed by atoms with E-state index in [0.29, 0.717) is 5.89 Å². The van der Waals surface area contributed by atoms with Gasteiger partial charge in [0.2, 0.25) is 5.89 Å². The molecule has 0 N–H and O–H groups in total. The van der Waals surface area contributed by atoms with Gasteiger partial charge in [-0.1, -0.05) is 23.6 Å². The van der Waals surface area contributed by atoms with Crippen molar-refractivity contribution in [2.75, 3.05) is 0 Å². The minimum absolute atomic E-state index is 0.247. The van der Waals surface area contributed by atoms with Crippen molar-refractivity contribution >= 4 is 22.6 Å². The van der Waals surface area contributed by atoms with E-state index in [-0.39, 0.29) is 6.54 Å². The van der Waals surface area contributed by atoms with E-state index >= 15 is 0 Å². The van der Waals surface area contributed by atoms with Crippen molar-refractivity contribution in [3.63, 3.8) is 0 Å². The fourth-order valence-corrected chi connectivity index (χ4v) is 1.58. The van der Waals surface area contributed by atoms with Crippen LogP contribution in [0, 0.1) is 16.8 Å². The molecule has 4 nitrogen and oxygen atoms in total. The van der Waals surface area contributed by atoms with E-state index in [1.807, 2.05) is 53.8 Å². The van der Waals surface area contributed by atoms with Gasteiger partial charge in [-0.15, -0.1) is 5.10 Å². The third-order valence-corrected chi connectivity index (χ3v) is 2.55. The second-order valence-corrected chi connectivity index (χ2v) is 4.01. The maximum absolute atomic E-state index is 11.5. The highest BCUT2D eigenvalue weighted by molar-refractivity contribution is 14.1. The van der Waals surface area contributed by atoms with Crippen LogP contribution < -0.4 is 5.76 Å². The molecule has 17 heavy (non-hydrogen) atoms. The lowest BCUT2D eigenvalue weighted by Gasteiger charge is -1.95. The zero-order valence-corrected chi connectivity index (χ0v) is 11.3. The molecular formula is C12H9IN2O2. The van der Waals surface area contributed by atoms with Gasteiger partial charge in [0.1, 0.15) is 6.54 Å². The summed E-state index contributed by atoms with van der Waals surface area (Å²) in [6.07, 6.45) is 0. The van der Waals surface area contributed by atoms with E-state index in [1.54, 1.807) is 0 Å². The number of rotatable bonds is 2. The Balaban J connectivity index is 2.40. The second kappa shape index (κ2) is 5.19.